The molecule has 1 heterocycles. The van der Waals surface area contributed by atoms with E-state index in [1.165, 1.54) is 11.0 Å². The molecule has 1 fully saturated rings. The zero-order valence-electron chi connectivity index (χ0n) is 7.56. The van der Waals surface area contributed by atoms with Crippen molar-refractivity contribution < 1.29 is 16.1 Å². The van der Waals surface area contributed by atoms with E-state index in [1.54, 1.807) is 0 Å². The Balaban J connectivity index is 2.65. The van der Waals surface area contributed by atoms with Crippen LogP contribution in [-0.4, -0.2) is 34.5 Å². The summed E-state index contributed by atoms with van der Waals surface area (Å²) in [6.07, 6.45) is 2.13. The predicted octanol–water partition coefficient (Wildman–Crippen LogP) is 0.248. The fourth-order valence-electron chi connectivity index (χ4n) is 1.33. The Labute approximate surface area is 71.9 Å². The highest BCUT2D eigenvalue weighted by Gasteiger charge is 2.34. The van der Waals surface area contributed by atoms with Gasteiger partial charge in [-0.1, -0.05) is 6.08 Å². The molecule has 1 saturated heterocycles. The number of aliphatic carboxylic acids is 1. The molecule has 0 spiro atoms. The van der Waals surface area contributed by atoms with Crippen LogP contribution in [0.15, 0.2) is 12.6 Å². The van der Waals surface area contributed by atoms with Gasteiger partial charge in [-0.3, -0.25) is 4.79 Å². The quantitative estimate of drug-likeness (QED) is 0.617. The summed E-state index contributed by atoms with van der Waals surface area (Å²) in [5, 5.41) is 8.74. The van der Waals surface area contributed by atoms with Crippen LogP contribution in [0.4, 0.5) is 0 Å². The fraction of sp³-hybridized carbons (Fsp3) is 0.500. The van der Waals surface area contributed by atoms with Crippen LogP contribution in [0.5, 0.6) is 0 Å². The summed E-state index contributed by atoms with van der Waals surface area (Å²) in [5.74, 6) is -1.12. The van der Waals surface area contributed by atoms with Crippen LogP contribution in [0.3, 0.4) is 0 Å². The highest BCUT2D eigenvalue weighted by atomic mass is 16.4. The van der Waals surface area contributed by atoms with E-state index in [9.17, 15) is 9.59 Å². The number of hydrogen-bond donors (Lipinski definition) is 1. The molecule has 66 valence electrons. The molecule has 0 saturated carbocycles. The number of likely N-dealkylation sites (tertiary alicyclic amines) is 1. The molecule has 4 heteroatoms. The van der Waals surface area contributed by atoms with Crippen molar-refractivity contribution in [2.45, 2.75) is 18.9 Å². The van der Waals surface area contributed by atoms with Gasteiger partial charge in [-0.2, -0.15) is 0 Å². The third-order valence-electron chi connectivity index (χ3n) is 1.92. The maximum atomic E-state index is 11.2. The van der Waals surface area contributed by atoms with Crippen molar-refractivity contribution in [2.75, 3.05) is 6.54 Å². The second-order valence-corrected chi connectivity index (χ2v) is 2.67. The summed E-state index contributed by atoms with van der Waals surface area (Å²) in [4.78, 5) is 23.1. The first kappa shape index (κ1) is 7.34. The monoisotopic (exact) mass is 170 g/mol. The van der Waals surface area contributed by atoms with Crippen LogP contribution in [0.1, 0.15) is 14.2 Å². The Morgan fingerprint density at radius 3 is 3.33 bits per heavy atom. The third kappa shape index (κ3) is 1.47. The topological polar surface area (TPSA) is 57.6 Å². The number of carbonyl (C=O) groups excluding carboxylic acids is 1. The molecule has 1 aliphatic heterocycles. The summed E-state index contributed by atoms with van der Waals surface area (Å²) in [5.41, 5.74) is 0. The summed E-state index contributed by atoms with van der Waals surface area (Å²) in [7, 11) is 0. The van der Waals surface area contributed by atoms with E-state index in [4.69, 9.17) is 6.48 Å². The van der Waals surface area contributed by atoms with Crippen molar-refractivity contribution in [1.29, 1.82) is 0 Å². The number of carbonyl (C=O) groups is 2. The third-order valence-corrected chi connectivity index (χ3v) is 1.92. The van der Waals surface area contributed by atoms with E-state index < -0.39 is 12.0 Å². The lowest BCUT2D eigenvalue weighted by Crippen LogP contribution is -2.38. The van der Waals surface area contributed by atoms with Crippen molar-refractivity contribution >= 4 is 11.9 Å². The maximum Gasteiger partial charge on any atom is 0.326 e. The normalized spacial score (nSPS) is 25.0. The molecule has 0 aromatic heterocycles. The highest BCUT2D eigenvalue weighted by molar-refractivity contribution is 5.87. The van der Waals surface area contributed by atoms with Gasteiger partial charge < -0.3 is 10.0 Å². The lowest BCUT2D eigenvalue weighted by molar-refractivity contribution is -0.145. The van der Waals surface area contributed by atoms with Crippen molar-refractivity contribution in [1.82, 2.24) is 4.90 Å². The Hall–Kier alpha value is -1.32. The smallest absolute Gasteiger partial charge is 0.326 e. The number of rotatable bonds is 3. The van der Waals surface area contributed by atoms with Gasteiger partial charge in [0.2, 0.25) is 5.91 Å². The van der Waals surface area contributed by atoms with Gasteiger partial charge in [-0.15, -0.1) is 6.55 Å². The van der Waals surface area contributed by atoms with Gasteiger partial charge >= 0.3 is 5.97 Å². The first-order chi connectivity index (χ1) is 6.16. The van der Waals surface area contributed by atoms with E-state index in [0.29, 0.717) is 12.8 Å². The molecule has 0 unspecified atom stereocenters. The van der Waals surface area contributed by atoms with Crippen LogP contribution in [0, 0.1) is 0 Å². The minimum Gasteiger partial charge on any atom is -0.480 e. The number of nitrogens with zero attached hydrogens (tertiary/aromatic N) is 1. The van der Waals surface area contributed by atoms with E-state index >= 15 is 0 Å². The molecule has 1 atom stereocenters. The molecule has 1 N–H and O–H groups in total. The van der Waals surface area contributed by atoms with E-state index in [0.717, 1.165) is 6.55 Å². The molecule has 0 radical (unpaired) electrons. The van der Waals surface area contributed by atoms with Crippen LogP contribution in [-0.2, 0) is 9.59 Å². The summed E-state index contributed by atoms with van der Waals surface area (Å²) >= 11 is 0. The van der Waals surface area contributed by atoms with Crippen LogP contribution < -0.4 is 0 Å². The maximum absolute atomic E-state index is 11.2. The molecule has 12 heavy (non-hydrogen) atoms. The van der Waals surface area contributed by atoms with Gasteiger partial charge in [0.25, 0.3) is 0 Å². The Kier molecular flexibility index (Phi) is 2.07. The van der Waals surface area contributed by atoms with E-state index in [2.05, 4.69) is 0 Å². The second-order valence-electron chi connectivity index (χ2n) is 2.67. The molecule has 0 aromatic carbocycles. The molecule has 0 aromatic rings. The number of carboxylic acid groups (broad SMARTS) is 1. The van der Waals surface area contributed by atoms with Gasteiger partial charge in [0.15, 0.2) is 0 Å². The van der Waals surface area contributed by atoms with Gasteiger partial charge in [-0.25, -0.2) is 4.79 Å². The van der Waals surface area contributed by atoms with Gasteiger partial charge in [0.05, 0.1) is 1.37 Å². The summed E-state index contributed by atoms with van der Waals surface area (Å²) in [6, 6.07) is -0.705. The molecular formula is C8H11NO3. The Bertz CT molecular complexity index is 252. The van der Waals surface area contributed by atoms with Crippen molar-refractivity contribution in [3.05, 3.63) is 12.6 Å². The zero-order valence-corrected chi connectivity index (χ0v) is 6.56. The minimum absolute atomic E-state index is 0.148. The predicted molar refractivity (Wildman–Crippen MR) is 42.6 cm³/mol. The van der Waals surface area contributed by atoms with Crippen LogP contribution in [0.2, 0.25) is 0 Å². The first-order valence-corrected chi connectivity index (χ1v) is 3.72. The number of amides is 1. The Morgan fingerprint density at radius 2 is 2.75 bits per heavy atom. The second kappa shape index (κ2) is 3.38. The lowest BCUT2D eigenvalue weighted by Gasteiger charge is -2.19. The van der Waals surface area contributed by atoms with Crippen LogP contribution in [0.25, 0.3) is 0 Å². The zero-order chi connectivity index (χ0) is 9.84. The van der Waals surface area contributed by atoms with Crippen molar-refractivity contribution in [2.24, 2.45) is 0 Å². The Morgan fingerprint density at radius 1 is 2.00 bits per heavy atom. The average Bonchev–Trinajstić information content (AvgIpc) is 2.43. The number of carboxylic acids is 1. The van der Waals surface area contributed by atoms with Gasteiger partial charge in [-0.05, 0) is 6.42 Å². The standard InChI is InChI=1S/C8H11NO3/c1-2-5-9-6(8(11)12)3-4-7(9)10/h2,6H,1,3-5H2,(H,11,12)/t6-/m0/s1/i1D. The fourth-order valence-corrected chi connectivity index (χ4v) is 1.33. The van der Waals surface area contributed by atoms with Crippen LogP contribution >= 0.6 is 0 Å². The minimum atomic E-state index is -0.968. The largest absolute Gasteiger partial charge is 0.480 e. The molecule has 0 bridgehead atoms. The van der Waals surface area contributed by atoms with Gasteiger partial charge in [0.1, 0.15) is 6.04 Å². The summed E-state index contributed by atoms with van der Waals surface area (Å²) in [6.45, 7) is 1.28. The SMILES string of the molecule is [2H]C=CCN1C(=O)CC[C@H]1C(=O)O. The molecular weight excluding hydrogens is 158 g/mol. The van der Waals surface area contributed by atoms with E-state index in [-0.39, 0.29) is 12.5 Å². The first-order valence-electron chi connectivity index (χ1n) is 4.30. The van der Waals surface area contributed by atoms with Gasteiger partial charge in [0, 0.05) is 13.0 Å². The number of hydrogen-bond acceptors (Lipinski definition) is 2. The molecule has 1 amide bonds. The summed E-state index contributed by atoms with van der Waals surface area (Å²) < 4.78 is 6.74. The molecule has 0 aliphatic carbocycles. The molecule has 4 nitrogen and oxygen atoms in total. The average molecular weight is 170 g/mol. The highest BCUT2D eigenvalue weighted by Crippen LogP contribution is 2.18. The lowest BCUT2D eigenvalue weighted by atomic mass is 10.2. The molecule has 1 aliphatic rings. The van der Waals surface area contributed by atoms with Crippen molar-refractivity contribution in [3.8, 4) is 0 Å². The van der Waals surface area contributed by atoms with E-state index in [1.807, 2.05) is 0 Å². The molecule has 1 rings (SSSR count). The van der Waals surface area contributed by atoms with Crippen molar-refractivity contribution in [3.63, 3.8) is 0 Å².